The highest BCUT2D eigenvalue weighted by Crippen LogP contribution is 2.12. The first-order valence-electron chi connectivity index (χ1n) is 10.1. The summed E-state index contributed by atoms with van der Waals surface area (Å²) in [6, 6.07) is 11.5. The van der Waals surface area contributed by atoms with Crippen LogP contribution in [0, 0.1) is 0 Å². The number of nitrogens with zero attached hydrogens (tertiary/aromatic N) is 4. The number of rotatable bonds is 7. The van der Waals surface area contributed by atoms with E-state index in [2.05, 4.69) is 15.2 Å². The maximum absolute atomic E-state index is 12.8. The van der Waals surface area contributed by atoms with E-state index < -0.39 is 0 Å². The lowest BCUT2D eigenvalue weighted by molar-refractivity contribution is 0.0638. The van der Waals surface area contributed by atoms with E-state index in [0.717, 1.165) is 42.2 Å². The Kier molecular flexibility index (Phi) is 6.56. The molecule has 3 heterocycles. The smallest absolute Gasteiger partial charge is 0.261 e. The highest BCUT2D eigenvalue weighted by atomic mass is 32.1. The van der Waals surface area contributed by atoms with Crippen LogP contribution in [0.2, 0.25) is 0 Å². The van der Waals surface area contributed by atoms with Gasteiger partial charge in [-0.15, -0.1) is 11.3 Å². The van der Waals surface area contributed by atoms with Crippen LogP contribution in [0.25, 0.3) is 0 Å². The topological polar surface area (TPSA) is 70.5 Å². The van der Waals surface area contributed by atoms with Gasteiger partial charge in [-0.05, 0) is 29.1 Å². The predicted octanol–water partition coefficient (Wildman–Crippen LogP) is 2.18. The van der Waals surface area contributed by atoms with Gasteiger partial charge < -0.3 is 14.8 Å². The summed E-state index contributed by atoms with van der Waals surface area (Å²) < 4.78 is 2.00. The van der Waals surface area contributed by atoms with Crippen LogP contribution in [0.15, 0.2) is 60.5 Å². The molecule has 1 aliphatic rings. The number of amides is 2. The minimum atomic E-state index is -0.0182. The zero-order valence-corrected chi connectivity index (χ0v) is 17.6. The molecule has 1 aromatic carbocycles. The molecule has 156 valence electrons. The van der Waals surface area contributed by atoms with Gasteiger partial charge in [0.1, 0.15) is 0 Å². The zero-order chi connectivity index (χ0) is 20.8. The number of benzene rings is 1. The van der Waals surface area contributed by atoms with Crippen LogP contribution in [-0.4, -0.2) is 70.4 Å². The van der Waals surface area contributed by atoms with Gasteiger partial charge in [0.15, 0.2) is 0 Å². The van der Waals surface area contributed by atoms with Crippen molar-refractivity contribution < 1.29 is 9.59 Å². The van der Waals surface area contributed by atoms with E-state index in [1.165, 1.54) is 11.3 Å². The average molecular weight is 424 g/mol. The normalized spacial score (nSPS) is 14.6. The molecular weight excluding hydrogens is 398 g/mol. The second-order valence-corrected chi connectivity index (χ2v) is 8.25. The fourth-order valence-corrected chi connectivity index (χ4v) is 4.16. The number of carbonyl (C=O) groups is 2. The molecule has 8 heteroatoms. The molecule has 1 fully saturated rings. The number of imidazole rings is 1. The Morgan fingerprint density at radius 2 is 1.87 bits per heavy atom. The van der Waals surface area contributed by atoms with Gasteiger partial charge >= 0.3 is 0 Å². The summed E-state index contributed by atoms with van der Waals surface area (Å²) in [6.45, 7) is 5.20. The molecule has 0 aliphatic carbocycles. The van der Waals surface area contributed by atoms with Crippen molar-refractivity contribution in [2.75, 3.05) is 39.3 Å². The Morgan fingerprint density at radius 3 is 2.53 bits per heavy atom. The molecule has 0 radical (unpaired) electrons. The molecule has 0 atom stereocenters. The lowest BCUT2D eigenvalue weighted by atomic mass is 10.1. The third kappa shape index (κ3) is 5.14. The van der Waals surface area contributed by atoms with E-state index in [-0.39, 0.29) is 11.8 Å². The molecule has 7 nitrogen and oxygen atoms in total. The molecule has 0 bridgehead atoms. The third-order valence-electron chi connectivity index (χ3n) is 5.24. The van der Waals surface area contributed by atoms with Gasteiger partial charge in [0.2, 0.25) is 0 Å². The van der Waals surface area contributed by atoms with Crippen molar-refractivity contribution in [2.45, 2.75) is 6.54 Å². The van der Waals surface area contributed by atoms with Crippen molar-refractivity contribution in [3.8, 4) is 0 Å². The molecular formula is C22H25N5O2S. The molecule has 2 aromatic heterocycles. The molecule has 1 aliphatic heterocycles. The zero-order valence-electron chi connectivity index (χ0n) is 16.7. The molecule has 0 spiro atoms. The first-order chi connectivity index (χ1) is 14.7. The summed E-state index contributed by atoms with van der Waals surface area (Å²) in [5.41, 5.74) is 1.86. The van der Waals surface area contributed by atoms with E-state index in [9.17, 15) is 9.59 Å². The standard InChI is InChI=1S/C22H25N5O2S/c28-21(20-2-1-15-30-20)24-8-10-25-11-13-27(14-12-25)22(29)19-5-3-18(4-6-19)16-26-9-7-23-17-26/h1-7,9,15,17H,8,10-14,16H2,(H,24,28). The van der Waals surface area contributed by atoms with Crippen LogP contribution in [0.1, 0.15) is 25.6 Å². The van der Waals surface area contributed by atoms with Crippen LogP contribution in [0.5, 0.6) is 0 Å². The van der Waals surface area contributed by atoms with Crippen molar-refractivity contribution in [1.82, 2.24) is 24.7 Å². The number of carbonyl (C=O) groups excluding carboxylic acids is 2. The van der Waals surface area contributed by atoms with Crippen LogP contribution in [-0.2, 0) is 6.54 Å². The number of aromatic nitrogens is 2. The van der Waals surface area contributed by atoms with Gasteiger partial charge in [0.25, 0.3) is 11.8 Å². The molecule has 0 unspecified atom stereocenters. The second kappa shape index (κ2) is 9.69. The van der Waals surface area contributed by atoms with Gasteiger partial charge in [0.05, 0.1) is 11.2 Å². The Labute approximate surface area is 179 Å². The average Bonchev–Trinajstić information content (AvgIpc) is 3.49. The lowest BCUT2D eigenvalue weighted by Crippen LogP contribution is -2.50. The fraction of sp³-hybridized carbons (Fsp3) is 0.318. The molecule has 30 heavy (non-hydrogen) atoms. The monoisotopic (exact) mass is 423 g/mol. The van der Waals surface area contributed by atoms with Crippen molar-refractivity contribution in [2.24, 2.45) is 0 Å². The molecule has 0 saturated carbocycles. The van der Waals surface area contributed by atoms with Crippen LogP contribution < -0.4 is 5.32 Å². The van der Waals surface area contributed by atoms with Crippen molar-refractivity contribution in [3.05, 3.63) is 76.5 Å². The van der Waals surface area contributed by atoms with Gasteiger partial charge in [-0.25, -0.2) is 4.98 Å². The maximum Gasteiger partial charge on any atom is 0.261 e. The molecule has 2 amide bonds. The predicted molar refractivity (Wildman–Crippen MR) is 117 cm³/mol. The lowest BCUT2D eigenvalue weighted by Gasteiger charge is -2.34. The summed E-state index contributed by atoms with van der Waals surface area (Å²) in [5, 5.41) is 4.86. The summed E-state index contributed by atoms with van der Waals surface area (Å²) in [5.74, 6) is 0.0603. The number of nitrogens with one attached hydrogen (secondary N) is 1. The first-order valence-corrected chi connectivity index (χ1v) is 10.9. The molecule has 1 N–H and O–H groups in total. The Balaban J connectivity index is 1.20. The number of piperazine rings is 1. The van der Waals surface area contributed by atoms with Crippen molar-refractivity contribution in [3.63, 3.8) is 0 Å². The number of thiophene rings is 1. The van der Waals surface area contributed by atoms with E-state index in [1.54, 1.807) is 12.5 Å². The van der Waals surface area contributed by atoms with E-state index in [1.807, 2.05) is 57.4 Å². The Hall–Kier alpha value is -2.97. The SMILES string of the molecule is O=C(NCCN1CCN(C(=O)c2ccc(Cn3ccnc3)cc2)CC1)c1cccs1. The quantitative estimate of drug-likeness (QED) is 0.632. The van der Waals surface area contributed by atoms with Gasteiger partial charge in [-0.2, -0.15) is 0 Å². The molecule has 3 aromatic rings. The fourth-order valence-electron chi connectivity index (χ4n) is 3.52. The van der Waals surface area contributed by atoms with Crippen LogP contribution in [0.3, 0.4) is 0 Å². The molecule has 1 saturated heterocycles. The summed E-state index contributed by atoms with van der Waals surface area (Å²) in [7, 11) is 0. The van der Waals surface area contributed by atoms with Crippen LogP contribution in [0.4, 0.5) is 0 Å². The third-order valence-corrected chi connectivity index (χ3v) is 6.11. The van der Waals surface area contributed by atoms with E-state index >= 15 is 0 Å². The molecule has 4 rings (SSSR count). The van der Waals surface area contributed by atoms with Gasteiger partial charge in [-0.3, -0.25) is 14.5 Å². The largest absolute Gasteiger partial charge is 0.350 e. The maximum atomic E-state index is 12.8. The first kappa shape index (κ1) is 20.3. The summed E-state index contributed by atoms with van der Waals surface area (Å²) >= 11 is 1.45. The van der Waals surface area contributed by atoms with E-state index in [0.29, 0.717) is 19.6 Å². The van der Waals surface area contributed by atoms with Crippen LogP contribution >= 0.6 is 11.3 Å². The van der Waals surface area contributed by atoms with Crippen molar-refractivity contribution >= 4 is 23.2 Å². The van der Waals surface area contributed by atoms with Gasteiger partial charge in [-0.1, -0.05) is 18.2 Å². The summed E-state index contributed by atoms with van der Waals surface area (Å²) in [6.07, 6.45) is 5.47. The second-order valence-electron chi connectivity index (χ2n) is 7.30. The highest BCUT2D eigenvalue weighted by Gasteiger charge is 2.22. The number of hydrogen-bond acceptors (Lipinski definition) is 5. The Morgan fingerprint density at radius 1 is 1.07 bits per heavy atom. The minimum absolute atomic E-state index is 0.0182. The van der Waals surface area contributed by atoms with Crippen molar-refractivity contribution in [1.29, 1.82) is 0 Å². The van der Waals surface area contributed by atoms with Gasteiger partial charge in [0, 0.05) is 63.8 Å². The highest BCUT2D eigenvalue weighted by molar-refractivity contribution is 7.12. The number of hydrogen-bond donors (Lipinski definition) is 1. The minimum Gasteiger partial charge on any atom is -0.350 e. The van der Waals surface area contributed by atoms with E-state index in [4.69, 9.17) is 0 Å². The summed E-state index contributed by atoms with van der Waals surface area (Å²) in [4.78, 5) is 33.8. The Bertz CT molecular complexity index is 946.